The van der Waals surface area contributed by atoms with Gasteiger partial charge in [0.05, 0.1) is 31.1 Å². The average Bonchev–Trinajstić information content (AvgIpc) is 3.53. The first-order chi connectivity index (χ1) is 14.8. The molecule has 1 aromatic heterocycles. The summed E-state index contributed by atoms with van der Waals surface area (Å²) in [4.78, 5) is 7.17. The summed E-state index contributed by atoms with van der Waals surface area (Å²) in [7, 11) is 1.73. The van der Waals surface area contributed by atoms with Gasteiger partial charge >= 0.3 is 0 Å². The molecule has 1 saturated heterocycles. The van der Waals surface area contributed by atoms with Crippen LogP contribution in [0.4, 0.5) is 5.69 Å². The number of aliphatic imine (C=N–C) groups is 1. The first-order valence-electron chi connectivity index (χ1n) is 11.2. The Balaban J connectivity index is 0.00000272. The van der Waals surface area contributed by atoms with Crippen LogP contribution >= 0.6 is 24.0 Å². The first kappa shape index (κ1) is 23.7. The lowest BCUT2D eigenvalue weighted by Gasteiger charge is -2.22. The third-order valence-corrected chi connectivity index (χ3v) is 6.06. The number of para-hydroxylation sites is 2. The van der Waals surface area contributed by atoms with Gasteiger partial charge in [-0.2, -0.15) is 5.10 Å². The molecule has 1 atom stereocenters. The lowest BCUT2D eigenvalue weighted by molar-refractivity contribution is 0.415. The molecule has 2 aliphatic rings. The van der Waals surface area contributed by atoms with Gasteiger partial charge in [-0.05, 0) is 44.4 Å². The molecule has 1 aromatic carbocycles. The van der Waals surface area contributed by atoms with Crippen molar-refractivity contribution < 1.29 is 4.74 Å². The number of rotatable bonds is 7. The topological polar surface area (TPSA) is 66.7 Å². The molecule has 0 spiro atoms. The molecule has 1 saturated carbocycles. The van der Waals surface area contributed by atoms with Gasteiger partial charge in [0, 0.05) is 31.9 Å². The molecule has 0 radical (unpaired) electrons. The van der Waals surface area contributed by atoms with Crippen LogP contribution in [-0.4, -0.2) is 48.5 Å². The van der Waals surface area contributed by atoms with Gasteiger partial charge in [0.15, 0.2) is 5.96 Å². The van der Waals surface area contributed by atoms with Crippen molar-refractivity contribution in [2.45, 2.75) is 57.7 Å². The lowest BCUT2D eigenvalue weighted by atomic mass is 10.2. The third kappa shape index (κ3) is 6.05. The van der Waals surface area contributed by atoms with E-state index in [2.05, 4.69) is 51.5 Å². The summed E-state index contributed by atoms with van der Waals surface area (Å²) in [6.45, 7) is 5.47. The second-order valence-electron chi connectivity index (χ2n) is 8.17. The Morgan fingerprint density at radius 3 is 2.77 bits per heavy atom. The summed E-state index contributed by atoms with van der Waals surface area (Å²) in [5.41, 5.74) is 2.19. The predicted molar refractivity (Wildman–Crippen MR) is 137 cm³/mol. The molecule has 1 unspecified atom stereocenters. The maximum atomic E-state index is 5.53. The van der Waals surface area contributed by atoms with Gasteiger partial charge in [-0.15, -0.1) is 24.0 Å². The molecule has 7 nitrogen and oxygen atoms in total. The number of guanidine groups is 1. The molecular weight excluding hydrogens is 503 g/mol. The maximum Gasteiger partial charge on any atom is 0.191 e. The van der Waals surface area contributed by atoms with E-state index in [0.717, 1.165) is 49.1 Å². The van der Waals surface area contributed by atoms with Gasteiger partial charge in [-0.1, -0.05) is 25.0 Å². The second kappa shape index (κ2) is 11.6. The van der Waals surface area contributed by atoms with E-state index >= 15 is 0 Å². The maximum absolute atomic E-state index is 5.53. The van der Waals surface area contributed by atoms with Crippen LogP contribution in [0.2, 0.25) is 0 Å². The summed E-state index contributed by atoms with van der Waals surface area (Å²) in [5.74, 6) is 1.79. The highest BCUT2D eigenvalue weighted by Crippen LogP contribution is 2.30. The fourth-order valence-corrected chi connectivity index (χ4v) is 4.50. The monoisotopic (exact) mass is 538 g/mol. The molecule has 2 aromatic rings. The Morgan fingerprint density at radius 1 is 1.19 bits per heavy atom. The quantitative estimate of drug-likeness (QED) is 0.318. The molecule has 1 aliphatic carbocycles. The Kier molecular flexibility index (Phi) is 8.86. The number of nitrogens with zero attached hydrogens (tertiary/aromatic N) is 4. The Morgan fingerprint density at radius 2 is 2.00 bits per heavy atom. The highest BCUT2D eigenvalue weighted by molar-refractivity contribution is 14.0. The van der Waals surface area contributed by atoms with Gasteiger partial charge in [-0.25, -0.2) is 4.99 Å². The smallest absolute Gasteiger partial charge is 0.191 e. The highest BCUT2D eigenvalue weighted by atomic mass is 127. The van der Waals surface area contributed by atoms with Crippen LogP contribution in [0, 0.1) is 0 Å². The molecule has 31 heavy (non-hydrogen) atoms. The second-order valence-corrected chi connectivity index (χ2v) is 8.17. The summed E-state index contributed by atoms with van der Waals surface area (Å²) < 4.78 is 7.67. The van der Waals surface area contributed by atoms with Crippen LogP contribution in [0.25, 0.3) is 0 Å². The zero-order valence-electron chi connectivity index (χ0n) is 18.6. The number of benzene rings is 1. The van der Waals surface area contributed by atoms with Crippen molar-refractivity contribution >= 4 is 35.6 Å². The minimum Gasteiger partial charge on any atom is -0.495 e. The summed E-state index contributed by atoms with van der Waals surface area (Å²) in [5, 5.41) is 11.7. The largest absolute Gasteiger partial charge is 0.495 e. The molecule has 0 amide bonds. The number of nitrogens with one attached hydrogen (secondary N) is 2. The van der Waals surface area contributed by atoms with E-state index in [1.807, 2.05) is 12.1 Å². The normalized spacial score (nSPS) is 19.4. The van der Waals surface area contributed by atoms with E-state index in [-0.39, 0.29) is 24.0 Å². The van der Waals surface area contributed by atoms with Crippen molar-refractivity contribution in [1.82, 2.24) is 20.4 Å². The van der Waals surface area contributed by atoms with Crippen LogP contribution in [0.5, 0.6) is 5.75 Å². The van der Waals surface area contributed by atoms with E-state index in [0.29, 0.717) is 18.6 Å². The van der Waals surface area contributed by atoms with Crippen LogP contribution < -0.4 is 20.3 Å². The van der Waals surface area contributed by atoms with Gasteiger partial charge in [0.2, 0.25) is 0 Å². The molecule has 2 fully saturated rings. The number of methoxy groups -OCH3 is 1. The van der Waals surface area contributed by atoms with Crippen molar-refractivity contribution in [3.05, 3.63) is 42.2 Å². The molecule has 2 N–H and O–H groups in total. The van der Waals surface area contributed by atoms with Crippen molar-refractivity contribution in [2.24, 2.45) is 4.99 Å². The Labute approximate surface area is 202 Å². The standard InChI is InChI=1S/C23H34N6O.HI/c1-3-24-23(25-16-18-13-15-29(27-18)20-8-4-5-9-20)26-19-12-14-28(17-19)21-10-6-7-11-22(21)30-2;/h6-7,10-11,13,15,19-20H,3-5,8-9,12,14,16-17H2,1-2H3,(H2,24,25,26);1H. The number of halogens is 1. The minimum atomic E-state index is 0. The lowest BCUT2D eigenvalue weighted by Crippen LogP contribution is -2.44. The Bertz CT molecular complexity index is 848. The zero-order valence-corrected chi connectivity index (χ0v) is 20.9. The molecule has 4 rings (SSSR count). The van der Waals surface area contributed by atoms with Crippen LogP contribution in [0.15, 0.2) is 41.5 Å². The fourth-order valence-electron chi connectivity index (χ4n) is 4.50. The van der Waals surface area contributed by atoms with E-state index in [9.17, 15) is 0 Å². The number of hydrogen-bond donors (Lipinski definition) is 2. The SMILES string of the molecule is CCNC(=NCc1ccn(C2CCCC2)n1)NC1CCN(c2ccccc2OC)C1.I. The predicted octanol–water partition coefficient (Wildman–Crippen LogP) is 3.96. The van der Waals surface area contributed by atoms with Gasteiger partial charge in [-0.3, -0.25) is 4.68 Å². The van der Waals surface area contributed by atoms with Crippen molar-refractivity contribution in [3.8, 4) is 5.75 Å². The van der Waals surface area contributed by atoms with E-state index < -0.39 is 0 Å². The summed E-state index contributed by atoms with van der Waals surface area (Å²) >= 11 is 0. The fraction of sp³-hybridized carbons (Fsp3) is 0.565. The minimum absolute atomic E-state index is 0. The molecular formula is C23H35IN6O. The van der Waals surface area contributed by atoms with E-state index in [4.69, 9.17) is 14.8 Å². The van der Waals surface area contributed by atoms with Crippen molar-refractivity contribution in [3.63, 3.8) is 0 Å². The highest BCUT2D eigenvalue weighted by Gasteiger charge is 2.25. The summed E-state index contributed by atoms with van der Waals surface area (Å²) in [6, 6.07) is 11.3. The van der Waals surface area contributed by atoms with Crippen molar-refractivity contribution in [1.29, 1.82) is 0 Å². The number of anilines is 1. The average molecular weight is 538 g/mol. The third-order valence-electron chi connectivity index (χ3n) is 6.06. The van der Waals surface area contributed by atoms with Gasteiger partial charge in [0.1, 0.15) is 5.75 Å². The van der Waals surface area contributed by atoms with Crippen molar-refractivity contribution in [2.75, 3.05) is 31.6 Å². The van der Waals surface area contributed by atoms with Gasteiger partial charge in [0.25, 0.3) is 0 Å². The summed E-state index contributed by atoms with van der Waals surface area (Å²) in [6.07, 6.45) is 8.32. The van der Waals surface area contributed by atoms with Gasteiger partial charge < -0.3 is 20.3 Å². The first-order valence-corrected chi connectivity index (χ1v) is 11.2. The van der Waals surface area contributed by atoms with Crippen LogP contribution in [-0.2, 0) is 6.54 Å². The van der Waals surface area contributed by atoms with E-state index in [1.54, 1.807) is 7.11 Å². The molecule has 0 bridgehead atoms. The zero-order chi connectivity index (χ0) is 20.8. The molecule has 170 valence electrons. The molecule has 2 heterocycles. The molecule has 1 aliphatic heterocycles. The van der Waals surface area contributed by atoms with E-state index in [1.165, 1.54) is 25.7 Å². The molecule has 8 heteroatoms. The number of hydrogen-bond acceptors (Lipinski definition) is 4. The van der Waals surface area contributed by atoms with Crippen LogP contribution in [0.1, 0.15) is 50.8 Å². The van der Waals surface area contributed by atoms with Crippen LogP contribution in [0.3, 0.4) is 0 Å². The number of ether oxygens (including phenoxy) is 1. The number of aromatic nitrogens is 2. The Hall–Kier alpha value is -1.97.